The van der Waals surface area contributed by atoms with Crippen LogP contribution in [0.5, 0.6) is 0 Å². The van der Waals surface area contributed by atoms with Gasteiger partial charge in [-0.05, 0) is 49.2 Å². The van der Waals surface area contributed by atoms with Gasteiger partial charge in [0.05, 0.1) is 11.9 Å². The highest BCUT2D eigenvalue weighted by Crippen LogP contribution is 2.17. The smallest absolute Gasteiger partial charge is 0.276 e. The molecule has 1 aromatic heterocycles. The van der Waals surface area contributed by atoms with Crippen molar-refractivity contribution in [2.75, 3.05) is 13.1 Å². The third kappa shape index (κ3) is 4.63. The van der Waals surface area contributed by atoms with Crippen molar-refractivity contribution >= 4 is 35.0 Å². The minimum absolute atomic E-state index is 0.00248. The minimum atomic E-state index is -0.178. The monoisotopic (exact) mass is 443 g/mol. The lowest BCUT2D eigenvalue weighted by Crippen LogP contribution is -2.46. The summed E-state index contributed by atoms with van der Waals surface area (Å²) < 4.78 is 1.52. The molecular weight excluding hydrogens is 425 g/mol. The topological polar surface area (TPSA) is 80.1 Å². The Balaban J connectivity index is 1.34. The van der Waals surface area contributed by atoms with Gasteiger partial charge in [0.25, 0.3) is 11.8 Å². The van der Waals surface area contributed by atoms with Crippen molar-refractivity contribution in [1.82, 2.24) is 25.2 Å². The zero-order valence-corrected chi connectivity index (χ0v) is 17.5. The van der Waals surface area contributed by atoms with E-state index in [9.17, 15) is 9.59 Å². The number of nitrogens with zero attached hydrogens (tertiary/aromatic N) is 4. The van der Waals surface area contributed by atoms with Crippen molar-refractivity contribution in [3.8, 4) is 5.69 Å². The van der Waals surface area contributed by atoms with Gasteiger partial charge < -0.3 is 10.2 Å². The first kappa shape index (κ1) is 20.4. The fraction of sp³-hybridized carbons (Fsp3) is 0.238. The summed E-state index contributed by atoms with van der Waals surface area (Å²) in [7, 11) is 0. The molecule has 9 heteroatoms. The molecule has 0 saturated carbocycles. The van der Waals surface area contributed by atoms with Gasteiger partial charge in [0.15, 0.2) is 5.69 Å². The van der Waals surface area contributed by atoms with Gasteiger partial charge in [-0.15, -0.1) is 5.10 Å². The molecule has 3 aromatic rings. The quantitative estimate of drug-likeness (QED) is 0.667. The predicted molar refractivity (Wildman–Crippen MR) is 114 cm³/mol. The largest absolute Gasteiger partial charge is 0.349 e. The molecule has 0 aliphatic carbocycles. The van der Waals surface area contributed by atoms with Crippen LogP contribution in [0.1, 0.15) is 33.7 Å². The summed E-state index contributed by atoms with van der Waals surface area (Å²) in [6.45, 7) is 1.06. The molecule has 0 bridgehead atoms. The highest BCUT2D eigenvalue weighted by atomic mass is 35.5. The van der Waals surface area contributed by atoms with Gasteiger partial charge in [0, 0.05) is 34.7 Å². The van der Waals surface area contributed by atoms with Crippen molar-refractivity contribution in [3.05, 3.63) is 76.0 Å². The first-order chi connectivity index (χ1) is 14.5. The number of halogens is 2. The Hall–Kier alpha value is -2.90. The van der Waals surface area contributed by atoms with Crippen molar-refractivity contribution < 1.29 is 9.59 Å². The van der Waals surface area contributed by atoms with Gasteiger partial charge in [-0.25, -0.2) is 4.68 Å². The van der Waals surface area contributed by atoms with Gasteiger partial charge in [-0.3, -0.25) is 9.59 Å². The molecular formula is C21H19Cl2N5O2. The van der Waals surface area contributed by atoms with Gasteiger partial charge in [-0.2, -0.15) is 0 Å². The second-order valence-electron chi connectivity index (χ2n) is 7.08. The standard InChI is InChI=1S/C21H19Cl2N5O2/c22-15-4-1-3-14(11-15)20(29)24-17-7-9-27(10-8-17)21(30)19-13-28(26-25-19)18-6-2-5-16(23)12-18/h1-6,11-13,17H,7-10H2,(H,24,29). The molecule has 0 radical (unpaired) electrons. The number of amides is 2. The van der Waals surface area contributed by atoms with Crippen LogP contribution in [0.15, 0.2) is 54.7 Å². The lowest BCUT2D eigenvalue weighted by Gasteiger charge is -2.31. The lowest BCUT2D eigenvalue weighted by molar-refractivity contribution is 0.0692. The number of carbonyl (C=O) groups excluding carboxylic acids is 2. The third-order valence-corrected chi connectivity index (χ3v) is 5.46. The maximum absolute atomic E-state index is 12.8. The zero-order valence-electron chi connectivity index (χ0n) is 16.0. The van der Waals surface area contributed by atoms with Crippen LogP contribution in [-0.2, 0) is 0 Å². The summed E-state index contributed by atoms with van der Waals surface area (Å²) >= 11 is 12.0. The second-order valence-corrected chi connectivity index (χ2v) is 7.95. The molecule has 154 valence electrons. The highest BCUT2D eigenvalue weighted by Gasteiger charge is 2.26. The molecule has 1 aliphatic rings. The molecule has 1 aliphatic heterocycles. The molecule has 0 spiro atoms. The summed E-state index contributed by atoms with van der Waals surface area (Å²) in [5, 5.41) is 12.2. The van der Waals surface area contributed by atoms with E-state index < -0.39 is 0 Å². The average molecular weight is 444 g/mol. The van der Waals surface area contributed by atoms with E-state index in [4.69, 9.17) is 23.2 Å². The lowest BCUT2D eigenvalue weighted by atomic mass is 10.0. The maximum Gasteiger partial charge on any atom is 0.276 e. The van der Waals surface area contributed by atoms with Crippen LogP contribution >= 0.6 is 23.2 Å². The summed E-state index contributed by atoms with van der Waals surface area (Å²) in [5.41, 5.74) is 1.53. The summed E-state index contributed by atoms with van der Waals surface area (Å²) in [6, 6.07) is 14.0. The second kappa shape index (κ2) is 8.85. The van der Waals surface area contributed by atoms with E-state index in [0.29, 0.717) is 41.5 Å². The van der Waals surface area contributed by atoms with E-state index in [-0.39, 0.29) is 23.6 Å². The van der Waals surface area contributed by atoms with E-state index >= 15 is 0 Å². The van der Waals surface area contributed by atoms with Gasteiger partial charge in [0.1, 0.15) is 0 Å². The van der Waals surface area contributed by atoms with Crippen LogP contribution < -0.4 is 5.32 Å². The van der Waals surface area contributed by atoms with Crippen LogP contribution in [0, 0.1) is 0 Å². The molecule has 7 nitrogen and oxygen atoms in total. The molecule has 1 N–H and O–H groups in total. The summed E-state index contributed by atoms with van der Waals surface area (Å²) in [5.74, 6) is -0.338. The Kier molecular flexibility index (Phi) is 6.01. The molecule has 4 rings (SSSR count). The highest BCUT2D eigenvalue weighted by molar-refractivity contribution is 6.31. The zero-order chi connectivity index (χ0) is 21.1. The first-order valence-corrected chi connectivity index (χ1v) is 10.3. The number of aromatic nitrogens is 3. The summed E-state index contributed by atoms with van der Waals surface area (Å²) in [4.78, 5) is 26.9. The van der Waals surface area contributed by atoms with Crippen molar-refractivity contribution in [2.24, 2.45) is 0 Å². The van der Waals surface area contributed by atoms with Crippen LogP contribution in [0.3, 0.4) is 0 Å². The van der Waals surface area contributed by atoms with E-state index in [1.54, 1.807) is 47.5 Å². The number of hydrogen-bond acceptors (Lipinski definition) is 4. The fourth-order valence-electron chi connectivity index (χ4n) is 3.39. The molecule has 1 fully saturated rings. The molecule has 0 unspecified atom stereocenters. The fourth-order valence-corrected chi connectivity index (χ4v) is 3.77. The minimum Gasteiger partial charge on any atom is -0.349 e. The number of piperidine rings is 1. The number of rotatable bonds is 4. The third-order valence-electron chi connectivity index (χ3n) is 4.99. The maximum atomic E-state index is 12.8. The molecule has 2 amide bonds. The Morgan fingerprint density at radius 1 is 1.00 bits per heavy atom. The molecule has 2 heterocycles. The van der Waals surface area contributed by atoms with Crippen LogP contribution in [0.2, 0.25) is 10.0 Å². The van der Waals surface area contributed by atoms with Crippen molar-refractivity contribution in [1.29, 1.82) is 0 Å². The Bertz CT molecular complexity index is 1080. The van der Waals surface area contributed by atoms with Crippen LogP contribution in [0.4, 0.5) is 0 Å². The van der Waals surface area contributed by atoms with E-state index in [2.05, 4.69) is 15.6 Å². The van der Waals surface area contributed by atoms with Gasteiger partial charge >= 0.3 is 0 Å². The van der Waals surface area contributed by atoms with Crippen molar-refractivity contribution in [2.45, 2.75) is 18.9 Å². The van der Waals surface area contributed by atoms with Gasteiger partial charge in [0.2, 0.25) is 0 Å². The van der Waals surface area contributed by atoms with Crippen LogP contribution in [-0.4, -0.2) is 50.8 Å². The van der Waals surface area contributed by atoms with Crippen LogP contribution in [0.25, 0.3) is 5.69 Å². The molecule has 0 atom stereocenters. The number of nitrogens with one attached hydrogen (secondary N) is 1. The molecule has 1 saturated heterocycles. The molecule has 30 heavy (non-hydrogen) atoms. The number of hydrogen-bond donors (Lipinski definition) is 1. The Morgan fingerprint density at radius 2 is 1.70 bits per heavy atom. The number of likely N-dealkylation sites (tertiary alicyclic amines) is 1. The average Bonchev–Trinajstić information content (AvgIpc) is 3.24. The summed E-state index contributed by atoms with van der Waals surface area (Å²) in [6.07, 6.45) is 2.93. The first-order valence-electron chi connectivity index (χ1n) is 9.53. The normalized spacial score (nSPS) is 14.5. The van der Waals surface area contributed by atoms with Gasteiger partial charge in [-0.1, -0.05) is 40.5 Å². The Morgan fingerprint density at radius 3 is 2.40 bits per heavy atom. The Labute approximate surface area is 183 Å². The van der Waals surface area contributed by atoms with E-state index in [1.165, 1.54) is 4.68 Å². The van der Waals surface area contributed by atoms with E-state index in [1.807, 2.05) is 12.1 Å². The number of benzene rings is 2. The van der Waals surface area contributed by atoms with Crippen molar-refractivity contribution in [3.63, 3.8) is 0 Å². The SMILES string of the molecule is O=C(NC1CCN(C(=O)c2cn(-c3cccc(Cl)c3)nn2)CC1)c1cccc(Cl)c1. The predicted octanol–water partition coefficient (Wildman–Crippen LogP) is 3.61. The number of carbonyl (C=O) groups is 2. The van der Waals surface area contributed by atoms with E-state index in [0.717, 1.165) is 5.69 Å². The molecule has 2 aromatic carbocycles.